The number of rotatable bonds is 19. The molecule has 0 saturated carbocycles. The van der Waals surface area contributed by atoms with Crippen LogP contribution in [0.3, 0.4) is 0 Å². The van der Waals surface area contributed by atoms with Crippen molar-refractivity contribution in [2.24, 2.45) is 27.9 Å². The zero-order valence-electron chi connectivity index (χ0n) is 24.0. The van der Waals surface area contributed by atoms with E-state index < -0.39 is 53.8 Å². The van der Waals surface area contributed by atoms with Crippen LogP contribution in [0.25, 0.3) is 10.9 Å². The molecule has 4 amide bonds. The summed E-state index contributed by atoms with van der Waals surface area (Å²) in [6.07, 6.45) is 3.92. The first kappa shape index (κ1) is 34.9. The highest BCUT2D eigenvalue weighted by atomic mass is 32.2. The van der Waals surface area contributed by atoms with E-state index in [-0.39, 0.29) is 51.0 Å². The summed E-state index contributed by atoms with van der Waals surface area (Å²) in [5.41, 5.74) is 23.7. The van der Waals surface area contributed by atoms with Crippen LogP contribution >= 0.6 is 11.8 Å². The van der Waals surface area contributed by atoms with Crippen LogP contribution < -0.4 is 38.9 Å². The van der Waals surface area contributed by atoms with Crippen LogP contribution in [0, 0.1) is 0 Å². The van der Waals surface area contributed by atoms with Crippen LogP contribution in [0.2, 0.25) is 0 Å². The number of guanidine groups is 1. The Morgan fingerprint density at radius 1 is 0.930 bits per heavy atom. The third-order valence-corrected chi connectivity index (χ3v) is 7.21. The van der Waals surface area contributed by atoms with Gasteiger partial charge in [0.2, 0.25) is 23.6 Å². The number of carbonyl (C=O) groups excluding carboxylic acids is 4. The van der Waals surface area contributed by atoms with E-state index in [4.69, 9.17) is 22.9 Å². The second-order valence-corrected chi connectivity index (χ2v) is 10.9. The maximum absolute atomic E-state index is 13.3. The first-order valence-electron chi connectivity index (χ1n) is 13.7. The van der Waals surface area contributed by atoms with E-state index in [2.05, 4.69) is 25.9 Å². The summed E-state index contributed by atoms with van der Waals surface area (Å²) in [5.74, 6) is -3.70. The molecule has 0 bridgehead atoms. The molecule has 1 aromatic heterocycles. The lowest BCUT2D eigenvalue weighted by Crippen LogP contribution is -2.57. The van der Waals surface area contributed by atoms with E-state index in [9.17, 15) is 29.1 Å². The molecule has 0 fully saturated rings. The van der Waals surface area contributed by atoms with Gasteiger partial charge in [0, 0.05) is 30.1 Å². The van der Waals surface area contributed by atoms with Gasteiger partial charge >= 0.3 is 5.97 Å². The zero-order chi connectivity index (χ0) is 31.9. The number of amides is 4. The molecule has 13 N–H and O–H groups in total. The molecule has 0 aliphatic carbocycles. The summed E-state index contributed by atoms with van der Waals surface area (Å²) in [6, 6.07) is 2.92. The average molecular weight is 620 g/mol. The van der Waals surface area contributed by atoms with Gasteiger partial charge in [-0.2, -0.15) is 11.8 Å². The van der Waals surface area contributed by atoms with Gasteiger partial charge in [0.05, 0.1) is 6.04 Å². The molecule has 43 heavy (non-hydrogen) atoms. The van der Waals surface area contributed by atoms with Crippen molar-refractivity contribution in [3.63, 3.8) is 0 Å². The zero-order valence-corrected chi connectivity index (χ0v) is 24.8. The minimum Gasteiger partial charge on any atom is -0.480 e. The van der Waals surface area contributed by atoms with E-state index >= 15 is 0 Å². The van der Waals surface area contributed by atoms with Crippen LogP contribution in [0.5, 0.6) is 0 Å². The van der Waals surface area contributed by atoms with Crippen LogP contribution in [0.15, 0.2) is 35.5 Å². The summed E-state index contributed by atoms with van der Waals surface area (Å²) >= 11 is 1.42. The number of thioether (sulfide) groups is 1. The molecule has 1 heterocycles. The molecule has 0 aliphatic rings. The molecule has 236 valence electrons. The summed E-state index contributed by atoms with van der Waals surface area (Å²) in [7, 11) is 0. The second kappa shape index (κ2) is 17.6. The number of primary amides is 1. The van der Waals surface area contributed by atoms with E-state index in [0.29, 0.717) is 5.75 Å². The number of nitrogens with one attached hydrogen (secondary N) is 4. The van der Waals surface area contributed by atoms with Gasteiger partial charge in [0.15, 0.2) is 5.96 Å². The first-order valence-corrected chi connectivity index (χ1v) is 15.1. The minimum absolute atomic E-state index is 0.0483. The number of H-pyrrole nitrogens is 1. The van der Waals surface area contributed by atoms with Crippen LogP contribution in [-0.2, 0) is 30.4 Å². The summed E-state index contributed by atoms with van der Waals surface area (Å²) in [5, 5.41) is 18.1. The third kappa shape index (κ3) is 11.8. The Morgan fingerprint density at radius 2 is 1.56 bits per heavy atom. The summed E-state index contributed by atoms with van der Waals surface area (Å²) in [4.78, 5) is 69.6. The van der Waals surface area contributed by atoms with Crippen molar-refractivity contribution in [2.75, 3.05) is 18.6 Å². The molecule has 0 radical (unpaired) electrons. The molecular formula is C27H41N9O6S. The van der Waals surface area contributed by atoms with Crippen LogP contribution in [0.4, 0.5) is 0 Å². The molecule has 0 aliphatic heterocycles. The molecule has 4 atom stereocenters. The Morgan fingerprint density at radius 3 is 2.19 bits per heavy atom. The van der Waals surface area contributed by atoms with Gasteiger partial charge in [-0.15, -0.1) is 0 Å². The maximum atomic E-state index is 13.3. The average Bonchev–Trinajstić information content (AvgIpc) is 3.36. The van der Waals surface area contributed by atoms with Gasteiger partial charge in [0.25, 0.3) is 0 Å². The van der Waals surface area contributed by atoms with E-state index in [1.54, 1.807) is 6.20 Å². The number of aromatic amines is 1. The fraction of sp³-hybridized carbons (Fsp3) is 0.481. The number of aliphatic carboxylic acids is 1. The number of carboxylic acids is 1. The molecule has 0 saturated heterocycles. The van der Waals surface area contributed by atoms with Crippen molar-refractivity contribution in [3.8, 4) is 0 Å². The highest BCUT2D eigenvalue weighted by Crippen LogP contribution is 2.19. The smallest absolute Gasteiger partial charge is 0.326 e. The number of benzene rings is 1. The topological polar surface area (TPSA) is 274 Å². The number of nitrogens with two attached hydrogens (primary N) is 4. The number of nitrogens with zero attached hydrogens (tertiary/aromatic N) is 1. The van der Waals surface area contributed by atoms with Crippen LogP contribution in [0.1, 0.15) is 37.7 Å². The Kier molecular flexibility index (Phi) is 14.3. The number of aliphatic imine (C=N–C) groups is 1. The summed E-state index contributed by atoms with van der Waals surface area (Å²) in [6.45, 7) is 0.179. The number of carbonyl (C=O) groups is 5. The molecule has 2 aromatic rings. The standard InChI is InChI=1S/C27H41N9O6S/c1-43-12-10-20(25(40)36-21(26(41)42)7-4-11-32-27(30)31)35-24(39)19(8-9-22(29)37)34-23(38)17(28)13-15-14-33-18-6-3-2-5-16(15)18/h2-3,5-6,14,17,19-21,33H,4,7-13,28H2,1H3,(H2,29,37)(H,34,38)(H,35,39)(H,36,40)(H,41,42)(H4,30,31,32). The lowest BCUT2D eigenvalue weighted by molar-refractivity contribution is -0.142. The van der Waals surface area contributed by atoms with E-state index in [1.165, 1.54) is 11.8 Å². The third-order valence-electron chi connectivity index (χ3n) is 6.57. The van der Waals surface area contributed by atoms with Crippen molar-refractivity contribution in [2.45, 2.75) is 62.7 Å². The van der Waals surface area contributed by atoms with Gasteiger partial charge in [-0.25, -0.2) is 4.79 Å². The fourth-order valence-corrected chi connectivity index (χ4v) is 4.75. The Balaban J connectivity index is 2.11. The second-order valence-electron chi connectivity index (χ2n) is 9.93. The Hall–Kier alpha value is -4.31. The number of para-hydroxylation sites is 1. The molecular weight excluding hydrogens is 578 g/mol. The van der Waals surface area contributed by atoms with E-state index in [0.717, 1.165) is 16.5 Å². The van der Waals surface area contributed by atoms with Gasteiger partial charge in [-0.05, 0) is 55.7 Å². The summed E-state index contributed by atoms with van der Waals surface area (Å²) < 4.78 is 0. The molecule has 15 nitrogen and oxygen atoms in total. The molecule has 1 aromatic carbocycles. The van der Waals surface area contributed by atoms with Gasteiger partial charge < -0.3 is 49.0 Å². The predicted octanol–water partition coefficient (Wildman–Crippen LogP) is -1.35. The van der Waals surface area contributed by atoms with Gasteiger partial charge in [-0.1, -0.05) is 18.2 Å². The Bertz CT molecular complexity index is 1300. The molecule has 16 heteroatoms. The highest BCUT2D eigenvalue weighted by Gasteiger charge is 2.30. The van der Waals surface area contributed by atoms with Crippen LogP contribution in [-0.4, -0.2) is 88.4 Å². The highest BCUT2D eigenvalue weighted by molar-refractivity contribution is 7.98. The van der Waals surface area contributed by atoms with Crippen molar-refractivity contribution >= 4 is 58.2 Å². The number of hydrogen-bond donors (Lipinski definition) is 9. The van der Waals surface area contributed by atoms with Crippen molar-refractivity contribution in [3.05, 3.63) is 36.0 Å². The Labute approximate surface area is 253 Å². The molecule has 4 unspecified atom stereocenters. The quantitative estimate of drug-likeness (QED) is 0.0506. The van der Waals surface area contributed by atoms with Gasteiger partial charge in [0.1, 0.15) is 18.1 Å². The number of carboxylic acid groups (broad SMARTS) is 1. The number of hydrogen-bond acceptors (Lipinski definition) is 8. The van der Waals surface area contributed by atoms with E-state index in [1.807, 2.05) is 30.5 Å². The van der Waals surface area contributed by atoms with Crippen molar-refractivity contribution < 1.29 is 29.1 Å². The molecule has 2 rings (SSSR count). The molecule has 0 spiro atoms. The number of fused-ring (bicyclic) bond motifs is 1. The van der Waals surface area contributed by atoms with Crippen molar-refractivity contribution in [1.29, 1.82) is 0 Å². The van der Waals surface area contributed by atoms with Crippen molar-refractivity contribution in [1.82, 2.24) is 20.9 Å². The first-order chi connectivity index (χ1) is 20.4. The fourth-order valence-electron chi connectivity index (χ4n) is 4.27. The lowest BCUT2D eigenvalue weighted by Gasteiger charge is -2.25. The SMILES string of the molecule is CSCCC(NC(=O)C(CCC(N)=O)NC(=O)C(N)Cc1c[nH]c2ccccc12)C(=O)NC(CCCN=C(N)N)C(=O)O. The largest absolute Gasteiger partial charge is 0.480 e. The predicted molar refractivity (Wildman–Crippen MR) is 165 cm³/mol. The normalized spacial score (nSPS) is 13.7. The van der Waals surface area contributed by atoms with Gasteiger partial charge in [-0.3, -0.25) is 24.2 Å². The monoisotopic (exact) mass is 619 g/mol. The maximum Gasteiger partial charge on any atom is 0.326 e. The number of aromatic nitrogens is 1. The minimum atomic E-state index is -1.26. The lowest BCUT2D eigenvalue weighted by atomic mass is 10.0.